The third-order valence-electron chi connectivity index (χ3n) is 3.28. The van der Waals surface area contributed by atoms with Crippen LogP contribution in [0.15, 0.2) is 30.3 Å². The minimum atomic E-state index is -0.788. The molecule has 1 aromatic rings. The summed E-state index contributed by atoms with van der Waals surface area (Å²) in [5, 5.41) is 11.3. The zero-order valence-corrected chi connectivity index (χ0v) is 10.5. The predicted molar refractivity (Wildman–Crippen MR) is 70.1 cm³/mol. The molecule has 2 rings (SSSR count). The van der Waals surface area contributed by atoms with Crippen LogP contribution in [0.25, 0.3) is 0 Å². The Labute approximate surface area is 108 Å². The molecule has 0 amide bonds. The van der Waals surface area contributed by atoms with Crippen LogP contribution in [0.3, 0.4) is 0 Å². The van der Waals surface area contributed by atoms with Crippen molar-refractivity contribution >= 4 is 5.97 Å². The molecule has 0 radical (unpaired) electrons. The number of hydrogen-bond acceptors (Lipinski definition) is 3. The van der Waals surface area contributed by atoms with E-state index in [1.54, 1.807) is 0 Å². The van der Waals surface area contributed by atoms with Crippen molar-refractivity contribution < 1.29 is 9.90 Å². The van der Waals surface area contributed by atoms with Crippen molar-refractivity contribution in [3.8, 4) is 0 Å². The predicted octanol–water partition coefficient (Wildman–Crippen LogP) is 1.67. The average molecular weight is 248 g/mol. The first kappa shape index (κ1) is 13.1. The van der Waals surface area contributed by atoms with Gasteiger partial charge in [0.05, 0.1) is 0 Å². The lowest BCUT2D eigenvalue weighted by Gasteiger charge is -2.30. The zero-order valence-electron chi connectivity index (χ0n) is 10.5. The zero-order chi connectivity index (χ0) is 12.8. The Hall–Kier alpha value is -1.39. The van der Waals surface area contributed by atoms with Gasteiger partial charge in [-0.1, -0.05) is 36.8 Å². The molecule has 2 N–H and O–H groups in total. The summed E-state index contributed by atoms with van der Waals surface area (Å²) in [6, 6.07) is 9.22. The Kier molecular flexibility index (Phi) is 4.73. The van der Waals surface area contributed by atoms with Crippen LogP contribution in [-0.2, 0) is 11.2 Å². The van der Waals surface area contributed by atoms with Crippen LogP contribution in [0.5, 0.6) is 0 Å². The molecule has 0 aliphatic carbocycles. The van der Waals surface area contributed by atoms with Gasteiger partial charge in [0.2, 0.25) is 0 Å². The molecule has 1 heterocycles. The highest BCUT2D eigenvalue weighted by molar-refractivity contribution is 5.73. The standard InChI is InChI=1S/C14H20N2O2/c17-14(18)13(11-12-7-3-1-4-8-12)15-16-9-5-2-6-10-16/h1,3-4,7-8,13,15H,2,5-6,9-11H2,(H,17,18)/t13-/m0/s1. The first-order chi connectivity index (χ1) is 8.75. The van der Waals surface area contributed by atoms with E-state index in [0.29, 0.717) is 6.42 Å². The van der Waals surface area contributed by atoms with E-state index in [9.17, 15) is 9.90 Å². The number of piperidine rings is 1. The Morgan fingerprint density at radius 2 is 1.89 bits per heavy atom. The smallest absolute Gasteiger partial charge is 0.322 e. The van der Waals surface area contributed by atoms with Crippen molar-refractivity contribution in [2.75, 3.05) is 13.1 Å². The van der Waals surface area contributed by atoms with Crippen molar-refractivity contribution in [2.45, 2.75) is 31.7 Å². The lowest BCUT2D eigenvalue weighted by molar-refractivity contribution is -0.141. The molecule has 4 heteroatoms. The van der Waals surface area contributed by atoms with E-state index in [0.717, 1.165) is 31.5 Å². The average Bonchev–Trinajstić information content (AvgIpc) is 2.40. The molecule has 0 bridgehead atoms. The number of nitrogens with one attached hydrogen (secondary N) is 1. The molecular weight excluding hydrogens is 228 g/mol. The fourth-order valence-corrected chi connectivity index (χ4v) is 2.28. The quantitative estimate of drug-likeness (QED) is 0.832. The van der Waals surface area contributed by atoms with Gasteiger partial charge >= 0.3 is 5.97 Å². The highest BCUT2D eigenvalue weighted by atomic mass is 16.4. The van der Waals surface area contributed by atoms with Crippen molar-refractivity contribution in [2.24, 2.45) is 0 Å². The second kappa shape index (κ2) is 6.52. The topological polar surface area (TPSA) is 52.6 Å². The number of hydrazine groups is 1. The highest BCUT2D eigenvalue weighted by Gasteiger charge is 2.21. The van der Waals surface area contributed by atoms with Crippen LogP contribution in [-0.4, -0.2) is 35.2 Å². The van der Waals surface area contributed by atoms with E-state index in [4.69, 9.17) is 0 Å². The summed E-state index contributed by atoms with van der Waals surface area (Å²) in [7, 11) is 0. The number of hydrogen-bond donors (Lipinski definition) is 2. The third kappa shape index (κ3) is 3.82. The first-order valence-corrected chi connectivity index (χ1v) is 6.53. The van der Waals surface area contributed by atoms with Gasteiger partial charge in [-0.3, -0.25) is 4.79 Å². The summed E-state index contributed by atoms with van der Waals surface area (Å²) in [5.41, 5.74) is 4.19. The third-order valence-corrected chi connectivity index (χ3v) is 3.28. The SMILES string of the molecule is O=C(O)[C@H](Cc1ccccc1)NN1CCCCC1. The van der Waals surface area contributed by atoms with Gasteiger partial charge in [0.1, 0.15) is 6.04 Å². The van der Waals surface area contributed by atoms with E-state index in [2.05, 4.69) is 5.43 Å². The van der Waals surface area contributed by atoms with Crippen LogP contribution < -0.4 is 5.43 Å². The van der Waals surface area contributed by atoms with Crippen molar-refractivity contribution in [1.82, 2.24) is 10.4 Å². The second-order valence-electron chi connectivity index (χ2n) is 4.76. The summed E-state index contributed by atoms with van der Waals surface area (Å²) < 4.78 is 0. The van der Waals surface area contributed by atoms with Crippen LogP contribution in [0, 0.1) is 0 Å². The van der Waals surface area contributed by atoms with Gasteiger partial charge in [-0.2, -0.15) is 0 Å². The maximum atomic E-state index is 11.3. The van der Waals surface area contributed by atoms with Gasteiger partial charge in [-0.15, -0.1) is 0 Å². The first-order valence-electron chi connectivity index (χ1n) is 6.53. The Morgan fingerprint density at radius 1 is 1.22 bits per heavy atom. The maximum absolute atomic E-state index is 11.3. The van der Waals surface area contributed by atoms with Crippen LogP contribution in [0.1, 0.15) is 24.8 Å². The van der Waals surface area contributed by atoms with Gasteiger partial charge in [-0.25, -0.2) is 10.4 Å². The largest absolute Gasteiger partial charge is 0.480 e. The molecule has 0 unspecified atom stereocenters. The number of carboxylic acids is 1. The van der Waals surface area contributed by atoms with Crippen molar-refractivity contribution in [3.05, 3.63) is 35.9 Å². The van der Waals surface area contributed by atoms with Gasteiger partial charge in [0.25, 0.3) is 0 Å². The minimum absolute atomic E-state index is 0.521. The van der Waals surface area contributed by atoms with Crippen LogP contribution in [0.4, 0.5) is 0 Å². The summed E-state index contributed by atoms with van der Waals surface area (Å²) >= 11 is 0. The molecule has 1 aliphatic rings. The van der Waals surface area contributed by atoms with Gasteiger partial charge < -0.3 is 5.11 Å². The molecule has 0 saturated carbocycles. The van der Waals surface area contributed by atoms with E-state index >= 15 is 0 Å². The molecule has 1 saturated heterocycles. The fraction of sp³-hybridized carbons (Fsp3) is 0.500. The molecule has 98 valence electrons. The number of carboxylic acid groups (broad SMARTS) is 1. The molecule has 1 aromatic carbocycles. The van der Waals surface area contributed by atoms with E-state index in [-0.39, 0.29) is 0 Å². The van der Waals surface area contributed by atoms with E-state index in [1.807, 2.05) is 35.3 Å². The normalized spacial score (nSPS) is 18.4. The Bertz CT molecular complexity index is 375. The number of aliphatic carboxylic acids is 1. The fourth-order valence-electron chi connectivity index (χ4n) is 2.28. The number of benzene rings is 1. The highest BCUT2D eigenvalue weighted by Crippen LogP contribution is 2.09. The number of nitrogens with zero attached hydrogens (tertiary/aromatic N) is 1. The Morgan fingerprint density at radius 3 is 2.50 bits per heavy atom. The van der Waals surface area contributed by atoms with E-state index in [1.165, 1.54) is 6.42 Å². The molecule has 18 heavy (non-hydrogen) atoms. The molecular formula is C14H20N2O2. The molecule has 1 aliphatic heterocycles. The Balaban J connectivity index is 1.93. The van der Waals surface area contributed by atoms with Crippen LogP contribution >= 0.6 is 0 Å². The minimum Gasteiger partial charge on any atom is -0.480 e. The van der Waals surface area contributed by atoms with Crippen molar-refractivity contribution in [3.63, 3.8) is 0 Å². The summed E-state index contributed by atoms with van der Waals surface area (Å²) in [6.07, 6.45) is 4.05. The second-order valence-corrected chi connectivity index (χ2v) is 4.76. The summed E-state index contributed by atoms with van der Waals surface area (Å²) in [6.45, 7) is 1.89. The number of carbonyl (C=O) groups is 1. The van der Waals surface area contributed by atoms with Gasteiger partial charge in [0.15, 0.2) is 0 Å². The van der Waals surface area contributed by atoms with Crippen LogP contribution in [0.2, 0.25) is 0 Å². The monoisotopic (exact) mass is 248 g/mol. The molecule has 1 atom stereocenters. The molecule has 4 nitrogen and oxygen atoms in total. The number of rotatable bonds is 5. The lowest BCUT2D eigenvalue weighted by atomic mass is 10.1. The lowest BCUT2D eigenvalue weighted by Crippen LogP contribution is -2.51. The maximum Gasteiger partial charge on any atom is 0.322 e. The molecule has 0 aromatic heterocycles. The summed E-state index contributed by atoms with van der Waals surface area (Å²) in [5.74, 6) is -0.788. The van der Waals surface area contributed by atoms with Gasteiger partial charge in [-0.05, 0) is 24.8 Å². The molecule has 0 spiro atoms. The summed E-state index contributed by atoms with van der Waals surface area (Å²) in [4.78, 5) is 11.3. The molecule has 1 fully saturated rings. The van der Waals surface area contributed by atoms with E-state index < -0.39 is 12.0 Å². The van der Waals surface area contributed by atoms with Crippen molar-refractivity contribution in [1.29, 1.82) is 0 Å². The van der Waals surface area contributed by atoms with Gasteiger partial charge in [0, 0.05) is 13.1 Å².